The van der Waals surface area contributed by atoms with Crippen LogP contribution in [-0.2, 0) is 10.8 Å². The van der Waals surface area contributed by atoms with E-state index in [0.29, 0.717) is 0 Å². The van der Waals surface area contributed by atoms with Gasteiger partial charge in [-0.15, -0.1) is 0 Å². The SMILES string of the molecule is CC1(C)c2ccccc2-c2ccc(N(c3ccc4c(c3)C(C)(C)c3ccccc3-4)c3cccc4c3Oc3cccc(-c5ccccc5)c3-c3ccccc3-4)cc21. The van der Waals surface area contributed by atoms with Crippen molar-refractivity contribution in [2.75, 3.05) is 4.90 Å². The molecular formula is C54H41NO. The quantitative estimate of drug-likeness (QED) is 0.180. The van der Waals surface area contributed by atoms with E-state index in [2.05, 4.69) is 209 Å². The van der Waals surface area contributed by atoms with Gasteiger partial charge in [0.05, 0.1) is 5.69 Å². The predicted octanol–water partition coefficient (Wildman–Crippen LogP) is 14.9. The molecule has 0 fully saturated rings. The minimum Gasteiger partial charge on any atom is -0.454 e. The van der Waals surface area contributed by atoms with Crippen molar-refractivity contribution in [2.45, 2.75) is 38.5 Å². The lowest BCUT2D eigenvalue weighted by molar-refractivity contribution is 0.489. The molecule has 0 spiro atoms. The van der Waals surface area contributed by atoms with Gasteiger partial charge in [0.2, 0.25) is 0 Å². The van der Waals surface area contributed by atoms with E-state index >= 15 is 0 Å². The molecular weight excluding hydrogens is 679 g/mol. The van der Waals surface area contributed by atoms with Gasteiger partial charge in [-0.25, -0.2) is 0 Å². The van der Waals surface area contributed by atoms with Gasteiger partial charge in [0.15, 0.2) is 5.75 Å². The molecule has 56 heavy (non-hydrogen) atoms. The molecule has 0 atom stereocenters. The Kier molecular flexibility index (Phi) is 6.98. The molecule has 0 radical (unpaired) electrons. The first-order valence-electron chi connectivity index (χ1n) is 19.7. The average Bonchev–Trinajstić information content (AvgIpc) is 3.53. The maximum atomic E-state index is 7.33. The number of anilines is 3. The summed E-state index contributed by atoms with van der Waals surface area (Å²) < 4.78 is 7.33. The molecule has 0 N–H and O–H groups in total. The molecule has 268 valence electrons. The summed E-state index contributed by atoms with van der Waals surface area (Å²) in [5.74, 6) is 1.69. The molecule has 0 amide bonds. The maximum Gasteiger partial charge on any atom is 0.159 e. The lowest BCUT2D eigenvalue weighted by atomic mass is 9.82. The summed E-state index contributed by atoms with van der Waals surface area (Å²) in [6, 6.07) is 64.4. The standard InChI is InChI=1S/C54H41NO/c1-53(2)45-24-12-10-19-39(45)41-30-28-35(32-47(41)53)55(36-29-31-42-40-20-11-13-25-46(40)54(3,4)48(42)33-36)49-26-14-23-44-38-18-8-9-21-43(38)51-37(34-16-6-5-7-17-34)22-15-27-50(51)56-52(44)49/h5-33H,1-4H3. The highest BCUT2D eigenvalue weighted by molar-refractivity contribution is 6.00. The topological polar surface area (TPSA) is 12.5 Å². The maximum absolute atomic E-state index is 7.33. The molecule has 8 aromatic rings. The van der Waals surface area contributed by atoms with Gasteiger partial charge in [0.1, 0.15) is 5.75 Å². The van der Waals surface area contributed by atoms with Crippen LogP contribution in [0.5, 0.6) is 11.5 Å². The van der Waals surface area contributed by atoms with Gasteiger partial charge in [0.25, 0.3) is 0 Å². The van der Waals surface area contributed by atoms with Crippen LogP contribution in [0.4, 0.5) is 17.1 Å². The minimum atomic E-state index is -0.148. The number of benzene rings is 8. The molecule has 0 aromatic heterocycles. The van der Waals surface area contributed by atoms with Crippen molar-refractivity contribution >= 4 is 17.1 Å². The lowest BCUT2D eigenvalue weighted by Crippen LogP contribution is -2.18. The van der Waals surface area contributed by atoms with E-state index < -0.39 is 0 Å². The van der Waals surface area contributed by atoms with Crippen molar-refractivity contribution in [3.05, 3.63) is 198 Å². The van der Waals surface area contributed by atoms with Crippen LogP contribution in [0.25, 0.3) is 55.6 Å². The van der Waals surface area contributed by atoms with Gasteiger partial charge in [-0.3, -0.25) is 0 Å². The number of hydrogen-bond donors (Lipinski definition) is 0. The molecule has 2 heteroatoms. The molecule has 1 heterocycles. The van der Waals surface area contributed by atoms with Crippen LogP contribution in [0, 0.1) is 0 Å². The number of hydrogen-bond acceptors (Lipinski definition) is 2. The monoisotopic (exact) mass is 719 g/mol. The van der Waals surface area contributed by atoms with E-state index in [1.807, 2.05) is 0 Å². The van der Waals surface area contributed by atoms with Crippen LogP contribution in [0.3, 0.4) is 0 Å². The first kappa shape index (κ1) is 32.8. The Morgan fingerprint density at radius 3 is 1.48 bits per heavy atom. The van der Waals surface area contributed by atoms with Crippen LogP contribution in [0.15, 0.2) is 176 Å². The summed E-state index contributed by atoms with van der Waals surface area (Å²) >= 11 is 0. The van der Waals surface area contributed by atoms with Crippen LogP contribution in [-0.4, -0.2) is 0 Å². The lowest BCUT2D eigenvalue weighted by Gasteiger charge is -2.31. The number of ether oxygens (including phenoxy) is 1. The molecule has 0 saturated carbocycles. The second-order valence-electron chi connectivity index (χ2n) is 16.5. The second kappa shape index (κ2) is 11.9. The van der Waals surface area contributed by atoms with Crippen LogP contribution < -0.4 is 9.64 Å². The summed E-state index contributed by atoms with van der Waals surface area (Å²) in [5, 5.41) is 0. The third-order valence-electron chi connectivity index (χ3n) is 12.7. The van der Waals surface area contributed by atoms with Gasteiger partial charge in [0, 0.05) is 33.3 Å². The van der Waals surface area contributed by atoms with Crippen molar-refractivity contribution < 1.29 is 4.74 Å². The molecule has 2 aliphatic carbocycles. The zero-order valence-electron chi connectivity index (χ0n) is 32.1. The predicted molar refractivity (Wildman–Crippen MR) is 233 cm³/mol. The highest BCUT2D eigenvalue weighted by Gasteiger charge is 2.38. The van der Waals surface area contributed by atoms with Gasteiger partial charge in [-0.1, -0.05) is 167 Å². The Hall–Kier alpha value is -6.64. The highest BCUT2D eigenvalue weighted by Crippen LogP contribution is 2.57. The Bertz CT molecular complexity index is 2790. The van der Waals surface area contributed by atoms with Crippen LogP contribution in [0.1, 0.15) is 49.9 Å². The zero-order chi connectivity index (χ0) is 37.8. The Morgan fingerprint density at radius 1 is 0.375 bits per heavy atom. The second-order valence-corrected chi connectivity index (χ2v) is 16.5. The summed E-state index contributed by atoms with van der Waals surface area (Å²) in [4.78, 5) is 2.44. The van der Waals surface area contributed by atoms with Crippen molar-refractivity contribution in [3.8, 4) is 67.1 Å². The van der Waals surface area contributed by atoms with Crippen molar-refractivity contribution in [2.24, 2.45) is 0 Å². The fraction of sp³-hybridized carbons (Fsp3) is 0.111. The van der Waals surface area contributed by atoms with Crippen molar-refractivity contribution in [1.82, 2.24) is 0 Å². The highest BCUT2D eigenvalue weighted by atomic mass is 16.5. The van der Waals surface area contributed by atoms with E-state index in [0.717, 1.165) is 50.8 Å². The van der Waals surface area contributed by atoms with E-state index in [1.165, 1.54) is 55.6 Å². The molecule has 11 rings (SSSR count). The normalized spacial score (nSPS) is 14.5. The van der Waals surface area contributed by atoms with Gasteiger partial charge in [-0.2, -0.15) is 0 Å². The molecule has 0 saturated heterocycles. The fourth-order valence-electron chi connectivity index (χ4n) is 9.91. The number of rotatable bonds is 4. The number of para-hydroxylation sites is 1. The summed E-state index contributed by atoms with van der Waals surface area (Å²) in [5.41, 5.74) is 20.4. The van der Waals surface area contributed by atoms with Gasteiger partial charge >= 0.3 is 0 Å². The Labute approximate surface area is 329 Å². The van der Waals surface area contributed by atoms with E-state index in [9.17, 15) is 0 Å². The Morgan fingerprint density at radius 2 is 0.857 bits per heavy atom. The van der Waals surface area contributed by atoms with Crippen molar-refractivity contribution in [3.63, 3.8) is 0 Å². The summed E-state index contributed by atoms with van der Waals surface area (Å²) in [6.07, 6.45) is 0. The minimum absolute atomic E-state index is 0.148. The zero-order valence-corrected chi connectivity index (χ0v) is 32.1. The van der Waals surface area contributed by atoms with Crippen LogP contribution >= 0.6 is 0 Å². The van der Waals surface area contributed by atoms with E-state index in [4.69, 9.17) is 4.74 Å². The van der Waals surface area contributed by atoms with Gasteiger partial charge in [-0.05, 0) is 103 Å². The molecule has 0 bridgehead atoms. The first-order chi connectivity index (χ1) is 27.3. The molecule has 8 aromatic carbocycles. The van der Waals surface area contributed by atoms with Crippen molar-refractivity contribution in [1.29, 1.82) is 0 Å². The fourth-order valence-corrected chi connectivity index (χ4v) is 9.91. The molecule has 1 aliphatic heterocycles. The smallest absolute Gasteiger partial charge is 0.159 e. The average molecular weight is 720 g/mol. The van der Waals surface area contributed by atoms with Crippen LogP contribution in [0.2, 0.25) is 0 Å². The third-order valence-corrected chi connectivity index (χ3v) is 12.7. The summed E-state index contributed by atoms with van der Waals surface area (Å²) in [6.45, 7) is 9.43. The molecule has 0 unspecified atom stereocenters. The van der Waals surface area contributed by atoms with E-state index in [-0.39, 0.29) is 10.8 Å². The first-order valence-corrected chi connectivity index (χ1v) is 19.7. The Balaban J connectivity index is 1.16. The van der Waals surface area contributed by atoms with Gasteiger partial charge < -0.3 is 9.64 Å². The number of fused-ring (bicyclic) bond motifs is 11. The number of nitrogens with zero attached hydrogens (tertiary/aromatic N) is 1. The molecule has 2 nitrogen and oxygen atoms in total. The third kappa shape index (κ3) is 4.62. The summed E-state index contributed by atoms with van der Waals surface area (Å²) in [7, 11) is 0. The van der Waals surface area contributed by atoms with E-state index in [1.54, 1.807) is 0 Å². The largest absolute Gasteiger partial charge is 0.454 e. The molecule has 3 aliphatic rings.